The second kappa shape index (κ2) is 7.42. The fourth-order valence-corrected chi connectivity index (χ4v) is 3.94. The molecule has 2 aromatic rings. The second-order valence-electron chi connectivity index (χ2n) is 7.39. The Morgan fingerprint density at radius 3 is 2.61 bits per heavy atom. The normalized spacial score (nSPS) is 19.9. The molecule has 1 unspecified atom stereocenters. The van der Waals surface area contributed by atoms with Crippen LogP contribution >= 0.6 is 0 Å². The number of carbonyl (C=O) groups excluding carboxylic acids is 4. The van der Waals surface area contributed by atoms with Crippen LogP contribution in [0.4, 0.5) is 0 Å². The smallest absolute Gasteiger partial charge is 0.266 e. The lowest BCUT2D eigenvalue weighted by atomic mass is 10.0. The minimum atomic E-state index is -1.02. The molecule has 0 bridgehead atoms. The van der Waals surface area contributed by atoms with Gasteiger partial charge < -0.3 is 14.2 Å². The van der Waals surface area contributed by atoms with Crippen molar-refractivity contribution in [3.8, 4) is 17.2 Å². The number of benzene rings is 2. The third-order valence-electron chi connectivity index (χ3n) is 5.43. The molecule has 158 valence electrons. The Labute approximate surface area is 176 Å². The molecule has 0 radical (unpaired) electrons. The summed E-state index contributed by atoms with van der Waals surface area (Å²) in [5.41, 5.74) is 1.10. The first-order valence-electron chi connectivity index (χ1n) is 9.89. The van der Waals surface area contributed by atoms with E-state index in [-0.39, 0.29) is 36.3 Å². The summed E-state index contributed by atoms with van der Waals surface area (Å²) in [5.74, 6) is -0.699. The number of rotatable bonds is 4. The van der Waals surface area contributed by atoms with E-state index in [0.717, 1.165) is 10.5 Å². The molecule has 31 heavy (non-hydrogen) atoms. The van der Waals surface area contributed by atoms with E-state index in [9.17, 15) is 19.2 Å². The third-order valence-corrected chi connectivity index (χ3v) is 5.43. The molecule has 5 rings (SSSR count). The van der Waals surface area contributed by atoms with E-state index >= 15 is 0 Å². The Kier molecular flexibility index (Phi) is 4.58. The fraction of sp³-hybridized carbons (Fsp3) is 0.273. The van der Waals surface area contributed by atoms with Crippen LogP contribution in [0.15, 0.2) is 36.4 Å². The molecule has 3 aliphatic rings. The lowest BCUT2D eigenvalue weighted by Crippen LogP contribution is -2.54. The molecule has 4 amide bonds. The molecule has 0 aliphatic carbocycles. The summed E-state index contributed by atoms with van der Waals surface area (Å²) >= 11 is 0. The van der Waals surface area contributed by atoms with Crippen molar-refractivity contribution in [2.75, 3.05) is 13.2 Å². The number of carbonyl (C=O) groups is 4. The fourth-order valence-electron chi connectivity index (χ4n) is 3.94. The van der Waals surface area contributed by atoms with Gasteiger partial charge in [-0.2, -0.15) is 0 Å². The van der Waals surface area contributed by atoms with Gasteiger partial charge in [0.25, 0.3) is 11.8 Å². The number of fused-ring (bicyclic) bond motifs is 2. The van der Waals surface area contributed by atoms with Crippen LogP contribution in [0.25, 0.3) is 0 Å². The van der Waals surface area contributed by atoms with Gasteiger partial charge in [-0.15, -0.1) is 0 Å². The van der Waals surface area contributed by atoms with Gasteiger partial charge in [0.2, 0.25) is 11.8 Å². The third kappa shape index (κ3) is 3.27. The lowest BCUT2D eigenvalue weighted by Gasteiger charge is -2.27. The van der Waals surface area contributed by atoms with Crippen LogP contribution in [0.1, 0.15) is 39.1 Å². The summed E-state index contributed by atoms with van der Waals surface area (Å²) in [7, 11) is 0. The first kappa shape index (κ1) is 19.1. The summed E-state index contributed by atoms with van der Waals surface area (Å²) in [6, 6.07) is 9.17. The van der Waals surface area contributed by atoms with Crippen molar-refractivity contribution in [3.05, 3.63) is 53.1 Å². The van der Waals surface area contributed by atoms with Crippen molar-refractivity contribution in [2.45, 2.75) is 25.5 Å². The average Bonchev–Trinajstić information content (AvgIpc) is 3.03. The van der Waals surface area contributed by atoms with Crippen LogP contribution in [0.2, 0.25) is 0 Å². The zero-order chi connectivity index (χ0) is 21.5. The van der Waals surface area contributed by atoms with Gasteiger partial charge in [0.15, 0.2) is 11.5 Å². The minimum absolute atomic E-state index is 0.0667. The molecular weight excluding hydrogens is 404 g/mol. The monoisotopic (exact) mass is 422 g/mol. The van der Waals surface area contributed by atoms with Gasteiger partial charge in [-0.05, 0) is 36.2 Å². The van der Waals surface area contributed by atoms with Crippen molar-refractivity contribution >= 4 is 23.6 Å². The minimum Gasteiger partial charge on any atom is -0.488 e. The number of hydrogen-bond acceptors (Lipinski definition) is 7. The van der Waals surface area contributed by atoms with E-state index < -0.39 is 29.7 Å². The van der Waals surface area contributed by atoms with E-state index in [4.69, 9.17) is 14.2 Å². The van der Waals surface area contributed by atoms with Gasteiger partial charge in [0.05, 0.1) is 11.1 Å². The van der Waals surface area contributed by atoms with E-state index in [2.05, 4.69) is 5.32 Å². The predicted octanol–water partition coefficient (Wildman–Crippen LogP) is 1.44. The number of amides is 4. The van der Waals surface area contributed by atoms with Crippen molar-refractivity contribution in [1.29, 1.82) is 0 Å². The van der Waals surface area contributed by atoms with Gasteiger partial charge >= 0.3 is 0 Å². The van der Waals surface area contributed by atoms with Gasteiger partial charge in [-0.25, -0.2) is 0 Å². The zero-order valence-corrected chi connectivity index (χ0v) is 16.4. The Morgan fingerprint density at radius 1 is 1.00 bits per heavy atom. The van der Waals surface area contributed by atoms with Gasteiger partial charge in [-0.1, -0.05) is 12.1 Å². The van der Waals surface area contributed by atoms with Crippen LogP contribution in [0.5, 0.6) is 17.2 Å². The van der Waals surface area contributed by atoms with E-state index in [1.807, 2.05) is 6.07 Å². The highest BCUT2D eigenvalue weighted by molar-refractivity contribution is 6.24. The quantitative estimate of drug-likeness (QED) is 0.742. The van der Waals surface area contributed by atoms with E-state index in [1.165, 1.54) is 6.07 Å². The Hall–Kier alpha value is -3.88. The summed E-state index contributed by atoms with van der Waals surface area (Å²) in [4.78, 5) is 50.5. The Bertz CT molecular complexity index is 1130. The maximum absolute atomic E-state index is 13.1. The molecule has 0 saturated carbocycles. The highest BCUT2D eigenvalue weighted by Gasteiger charge is 2.46. The van der Waals surface area contributed by atoms with Gasteiger partial charge in [0, 0.05) is 6.42 Å². The summed E-state index contributed by atoms with van der Waals surface area (Å²) in [6.07, 6.45) is 0.167. The number of ether oxygens (including phenoxy) is 3. The second-order valence-corrected chi connectivity index (χ2v) is 7.39. The summed E-state index contributed by atoms with van der Waals surface area (Å²) in [6.45, 7) is 1.11. The highest BCUT2D eigenvalue weighted by atomic mass is 16.6. The first-order chi connectivity index (χ1) is 15.0. The standard InChI is InChI=1S/C22H18N2O7/c25-18-7-5-14(20(26)23-18)24-21(27)13-2-1-3-16(19(13)22(24)28)31-11-12-4-6-15-17(10-12)30-9-8-29-15/h1-4,6,10,14H,5,7-9,11H2,(H,23,25,26). The highest BCUT2D eigenvalue weighted by Crippen LogP contribution is 2.35. The zero-order valence-electron chi connectivity index (χ0n) is 16.4. The number of piperidine rings is 1. The van der Waals surface area contributed by atoms with Crippen LogP contribution < -0.4 is 19.5 Å². The van der Waals surface area contributed by atoms with Gasteiger partial charge in [-0.3, -0.25) is 29.4 Å². The average molecular weight is 422 g/mol. The number of nitrogens with one attached hydrogen (secondary N) is 1. The molecule has 3 heterocycles. The molecule has 0 aromatic heterocycles. The van der Waals surface area contributed by atoms with E-state index in [0.29, 0.717) is 24.7 Å². The number of hydrogen-bond donors (Lipinski definition) is 1. The molecule has 2 aromatic carbocycles. The molecular formula is C22H18N2O7. The maximum Gasteiger partial charge on any atom is 0.266 e. The summed E-state index contributed by atoms with van der Waals surface area (Å²) < 4.78 is 17.0. The Balaban J connectivity index is 1.38. The lowest BCUT2D eigenvalue weighted by molar-refractivity contribution is -0.136. The van der Waals surface area contributed by atoms with Crippen LogP contribution in [0, 0.1) is 0 Å². The molecule has 3 aliphatic heterocycles. The SMILES string of the molecule is O=C1CCC(N2C(=O)c3cccc(OCc4ccc5c(c4)OCCO5)c3C2=O)C(=O)N1. The van der Waals surface area contributed by atoms with Gasteiger partial charge in [0.1, 0.15) is 31.6 Å². The Morgan fingerprint density at radius 2 is 1.81 bits per heavy atom. The van der Waals surface area contributed by atoms with E-state index in [1.54, 1.807) is 24.3 Å². The van der Waals surface area contributed by atoms with Crippen molar-refractivity contribution in [2.24, 2.45) is 0 Å². The van der Waals surface area contributed by atoms with Crippen LogP contribution in [-0.2, 0) is 16.2 Å². The van der Waals surface area contributed by atoms with Crippen molar-refractivity contribution < 1.29 is 33.4 Å². The molecule has 1 atom stereocenters. The molecule has 1 fully saturated rings. The number of nitrogens with zero attached hydrogens (tertiary/aromatic N) is 1. The maximum atomic E-state index is 13.1. The first-order valence-corrected chi connectivity index (χ1v) is 9.89. The van der Waals surface area contributed by atoms with Crippen LogP contribution in [-0.4, -0.2) is 47.8 Å². The molecule has 9 heteroatoms. The molecule has 1 N–H and O–H groups in total. The topological polar surface area (TPSA) is 111 Å². The molecule has 9 nitrogen and oxygen atoms in total. The largest absolute Gasteiger partial charge is 0.488 e. The molecule has 1 saturated heterocycles. The number of imide groups is 2. The summed E-state index contributed by atoms with van der Waals surface area (Å²) in [5, 5.41) is 2.18. The van der Waals surface area contributed by atoms with Crippen LogP contribution in [0.3, 0.4) is 0 Å². The molecule has 0 spiro atoms. The van der Waals surface area contributed by atoms with Crippen molar-refractivity contribution in [1.82, 2.24) is 10.2 Å². The van der Waals surface area contributed by atoms with Crippen molar-refractivity contribution in [3.63, 3.8) is 0 Å². The predicted molar refractivity (Wildman–Crippen MR) is 105 cm³/mol.